The van der Waals surface area contributed by atoms with Crippen LogP contribution in [0.2, 0.25) is 0 Å². The fraction of sp³-hybridized carbons (Fsp3) is 0.333. The van der Waals surface area contributed by atoms with Gasteiger partial charge in [-0.3, -0.25) is 4.79 Å². The molecule has 21 heavy (non-hydrogen) atoms. The number of rotatable bonds is 4. The number of benzene rings is 1. The number of anilines is 1. The van der Waals surface area contributed by atoms with Gasteiger partial charge in [0.05, 0.1) is 35.1 Å². The summed E-state index contributed by atoms with van der Waals surface area (Å²) in [5.74, 6) is 0.282. The van der Waals surface area contributed by atoms with Crippen molar-refractivity contribution in [2.45, 2.75) is 26.8 Å². The van der Waals surface area contributed by atoms with E-state index in [-0.39, 0.29) is 11.9 Å². The number of aromatic nitrogens is 1. The van der Waals surface area contributed by atoms with Crippen LogP contribution in [0.3, 0.4) is 0 Å². The van der Waals surface area contributed by atoms with Crippen LogP contribution in [0.4, 0.5) is 5.69 Å². The van der Waals surface area contributed by atoms with Crippen LogP contribution in [0, 0.1) is 13.8 Å². The number of para-hydroxylation sites is 1. The Kier molecular flexibility index (Phi) is 4.47. The first-order chi connectivity index (χ1) is 9.93. The van der Waals surface area contributed by atoms with Crippen molar-refractivity contribution in [3.05, 3.63) is 39.3 Å². The molecular weight excluding hydrogens is 286 g/mol. The zero-order valence-electron chi connectivity index (χ0n) is 12.6. The molecule has 1 amide bonds. The predicted octanol–water partition coefficient (Wildman–Crippen LogP) is 2.84. The monoisotopic (exact) mass is 305 g/mol. The molecule has 0 aliphatic rings. The summed E-state index contributed by atoms with van der Waals surface area (Å²) in [6.45, 7) is 5.84. The van der Waals surface area contributed by atoms with E-state index in [1.165, 1.54) is 7.11 Å². The van der Waals surface area contributed by atoms with Crippen molar-refractivity contribution >= 4 is 22.9 Å². The van der Waals surface area contributed by atoms with E-state index >= 15 is 0 Å². The van der Waals surface area contributed by atoms with E-state index in [0.29, 0.717) is 17.0 Å². The van der Waals surface area contributed by atoms with Gasteiger partial charge in [0.1, 0.15) is 5.75 Å². The van der Waals surface area contributed by atoms with E-state index in [0.717, 1.165) is 15.6 Å². The normalized spacial score (nSPS) is 12.0. The van der Waals surface area contributed by atoms with Crippen LogP contribution in [0.1, 0.15) is 38.9 Å². The highest BCUT2D eigenvalue weighted by Gasteiger charge is 2.18. The first-order valence-corrected chi connectivity index (χ1v) is 7.43. The number of hydrogen-bond acceptors (Lipinski definition) is 5. The highest BCUT2D eigenvalue weighted by molar-refractivity contribution is 7.11. The lowest BCUT2D eigenvalue weighted by Gasteiger charge is -2.15. The zero-order valence-corrected chi connectivity index (χ0v) is 13.4. The molecule has 1 aromatic carbocycles. The number of nitrogen functional groups attached to an aromatic ring is 1. The summed E-state index contributed by atoms with van der Waals surface area (Å²) in [6.07, 6.45) is 0. The number of aryl methyl sites for hydroxylation is 2. The van der Waals surface area contributed by atoms with Crippen LogP contribution in [-0.2, 0) is 0 Å². The maximum atomic E-state index is 12.4. The van der Waals surface area contributed by atoms with Crippen LogP contribution >= 0.6 is 11.3 Å². The Hall–Kier alpha value is -2.08. The second-order valence-electron chi connectivity index (χ2n) is 4.80. The lowest BCUT2D eigenvalue weighted by molar-refractivity contribution is 0.0941. The van der Waals surface area contributed by atoms with Crippen molar-refractivity contribution < 1.29 is 9.53 Å². The molecule has 0 saturated heterocycles. The van der Waals surface area contributed by atoms with Crippen LogP contribution in [0.15, 0.2) is 18.2 Å². The Labute approximate surface area is 128 Å². The Morgan fingerprint density at radius 1 is 1.43 bits per heavy atom. The van der Waals surface area contributed by atoms with Crippen molar-refractivity contribution in [1.29, 1.82) is 0 Å². The summed E-state index contributed by atoms with van der Waals surface area (Å²) >= 11 is 1.59. The molecule has 6 heteroatoms. The number of carbonyl (C=O) groups is 1. The van der Waals surface area contributed by atoms with Gasteiger partial charge in [-0.2, -0.15) is 0 Å². The van der Waals surface area contributed by atoms with Crippen LogP contribution in [0.25, 0.3) is 0 Å². The third-order valence-electron chi connectivity index (χ3n) is 3.21. The summed E-state index contributed by atoms with van der Waals surface area (Å²) in [6, 6.07) is 5.04. The van der Waals surface area contributed by atoms with Gasteiger partial charge in [0.2, 0.25) is 0 Å². The summed E-state index contributed by atoms with van der Waals surface area (Å²) in [5.41, 5.74) is 7.66. The maximum absolute atomic E-state index is 12.4. The summed E-state index contributed by atoms with van der Waals surface area (Å²) in [4.78, 5) is 17.8. The van der Waals surface area contributed by atoms with Crippen molar-refractivity contribution in [3.63, 3.8) is 0 Å². The highest BCUT2D eigenvalue weighted by atomic mass is 32.1. The van der Waals surface area contributed by atoms with E-state index in [9.17, 15) is 4.79 Å². The predicted molar refractivity (Wildman–Crippen MR) is 84.9 cm³/mol. The van der Waals surface area contributed by atoms with Gasteiger partial charge in [0.25, 0.3) is 5.91 Å². The second-order valence-corrected chi connectivity index (χ2v) is 6.03. The first kappa shape index (κ1) is 15.3. The van der Waals surface area contributed by atoms with Gasteiger partial charge in [0.15, 0.2) is 0 Å². The fourth-order valence-corrected chi connectivity index (χ4v) is 3.14. The first-order valence-electron chi connectivity index (χ1n) is 6.61. The van der Waals surface area contributed by atoms with Crippen LogP contribution in [-0.4, -0.2) is 18.0 Å². The molecule has 2 aromatic rings. The smallest absolute Gasteiger partial charge is 0.254 e. The summed E-state index contributed by atoms with van der Waals surface area (Å²) in [7, 11) is 1.53. The average molecular weight is 305 g/mol. The van der Waals surface area contributed by atoms with E-state index in [4.69, 9.17) is 10.5 Å². The minimum absolute atomic E-state index is 0.116. The van der Waals surface area contributed by atoms with Crippen LogP contribution in [0.5, 0.6) is 5.75 Å². The van der Waals surface area contributed by atoms with Gasteiger partial charge in [-0.1, -0.05) is 6.07 Å². The SMILES string of the molecule is COc1cccc(C(=O)NC(C)c2sc(C)nc2C)c1N. The molecule has 0 fully saturated rings. The third-order valence-corrected chi connectivity index (χ3v) is 4.47. The third kappa shape index (κ3) is 3.16. The summed E-state index contributed by atoms with van der Waals surface area (Å²) in [5, 5.41) is 3.94. The number of thiazole rings is 1. The Bertz CT molecular complexity index is 667. The average Bonchev–Trinajstić information content (AvgIpc) is 2.78. The lowest BCUT2D eigenvalue weighted by Crippen LogP contribution is -2.27. The fourth-order valence-electron chi connectivity index (χ4n) is 2.21. The number of methoxy groups -OCH3 is 1. The van der Waals surface area contributed by atoms with Crippen LogP contribution < -0.4 is 15.8 Å². The van der Waals surface area contributed by atoms with Gasteiger partial charge in [-0.15, -0.1) is 11.3 Å². The molecule has 0 saturated carbocycles. The Morgan fingerprint density at radius 3 is 2.71 bits per heavy atom. The molecule has 2 rings (SSSR count). The molecule has 0 aliphatic carbocycles. The van der Waals surface area contributed by atoms with Crippen molar-refractivity contribution in [1.82, 2.24) is 10.3 Å². The molecule has 1 aromatic heterocycles. The molecule has 0 bridgehead atoms. The molecule has 1 heterocycles. The van der Waals surface area contributed by atoms with Gasteiger partial charge in [-0.05, 0) is 32.9 Å². The quantitative estimate of drug-likeness (QED) is 0.852. The topological polar surface area (TPSA) is 77.2 Å². The van der Waals surface area contributed by atoms with Gasteiger partial charge < -0.3 is 15.8 Å². The van der Waals surface area contributed by atoms with Crippen molar-refractivity contribution in [2.75, 3.05) is 12.8 Å². The van der Waals surface area contributed by atoms with E-state index < -0.39 is 0 Å². The number of nitrogens with two attached hydrogens (primary N) is 1. The second kappa shape index (κ2) is 6.13. The molecule has 0 spiro atoms. The molecule has 0 aliphatic heterocycles. The number of nitrogens with zero attached hydrogens (tertiary/aromatic N) is 1. The van der Waals surface area contributed by atoms with E-state index in [2.05, 4.69) is 10.3 Å². The van der Waals surface area contributed by atoms with Gasteiger partial charge in [0, 0.05) is 4.88 Å². The molecule has 112 valence electrons. The zero-order chi connectivity index (χ0) is 15.6. The highest BCUT2D eigenvalue weighted by Crippen LogP contribution is 2.27. The van der Waals surface area contributed by atoms with Gasteiger partial charge in [-0.25, -0.2) is 4.98 Å². The molecule has 1 atom stereocenters. The van der Waals surface area contributed by atoms with E-state index in [1.807, 2.05) is 20.8 Å². The number of ether oxygens (including phenoxy) is 1. The maximum Gasteiger partial charge on any atom is 0.254 e. The van der Waals surface area contributed by atoms with E-state index in [1.54, 1.807) is 29.5 Å². The lowest BCUT2D eigenvalue weighted by atomic mass is 10.1. The minimum Gasteiger partial charge on any atom is -0.495 e. The summed E-state index contributed by atoms with van der Waals surface area (Å²) < 4.78 is 5.13. The number of amides is 1. The molecular formula is C15H19N3O2S. The minimum atomic E-state index is -0.218. The Balaban J connectivity index is 2.20. The molecule has 5 nitrogen and oxygen atoms in total. The number of carbonyl (C=O) groups excluding carboxylic acids is 1. The Morgan fingerprint density at radius 2 is 2.14 bits per heavy atom. The molecule has 0 radical (unpaired) electrons. The van der Waals surface area contributed by atoms with Crippen molar-refractivity contribution in [3.8, 4) is 5.75 Å². The standard InChI is InChI=1S/C15H19N3O2S/c1-8-14(21-10(3)17-8)9(2)18-15(19)11-6-5-7-12(20-4)13(11)16/h5-7,9H,16H2,1-4H3,(H,18,19). The van der Waals surface area contributed by atoms with Crippen molar-refractivity contribution in [2.24, 2.45) is 0 Å². The largest absolute Gasteiger partial charge is 0.495 e. The van der Waals surface area contributed by atoms with Gasteiger partial charge >= 0.3 is 0 Å². The number of nitrogens with one attached hydrogen (secondary N) is 1. The number of hydrogen-bond donors (Lipinski definition) is 2. The molecule has 1 unspecified atom stereocenters. The molecule has 3 N–H and O–H groups in total.